The number of aliphatic carboxylic acids is 1. The Bertz CT molecular complexity index is 769. The number of para-hydroxylation sites is 1. The third kappa shape index (κ3) is 2.84. The monoisotopic (exact) mass is 368 g/mol. The molecule has 3 atom stereocenters. The maximum Gasteiger partial charge on any atom is 0.488 e. The number of nitrogens with two attached hydrogens (primary N) is 1. The highest BCUT2D eigenvalue weighted by Gasteiger charge is 2.72. The van der Waals surface area contributed by atoms with Crippen molar-refractivity contribution in [1.29, 1.82) is 0 Å². The van der Waals surface area contributed by atoms with E-state index in [0.717, 1.165) is 7.11 Å². The van der Waals surface area contributed by atoms with Crippen molar-refractivity contribution >= 4 is 17.6 Å². The molecule has 1 heterocycles. The lowest BCUT2D eigenvalue weighted by Gasteiger charge is -2.29. The third-order valence-corrected chi connectivity index (χ3v) is 4.16. The number of nitrogens with zero attached hydrogens (tertiary/aromatic N) is 3. The van der Waals surface area contributed by atoms with Crippen molar-refractivity contribution in [2.24, 2.45) is 5.73 Å². The van der Waals surface area contributed by atoms with Crippen molar-refractivity contribution < 1.29 is 29.3 Å². The molecule has 12 heteroatoms. The SMILES string of the molecule is COC1([N+](=O)[O-])C([N+](=O)[O-])c2ccccc2N1C(=O)CCC(N)C(=O)O. The van der Waals surface area contributed by atoms with E-state index in [2.05, 4.69) is 0 Å². The molecule has 1 aromatic carbocycles. The van der Waals surface area contributed by atoms with E-state index in [-0.39, 0.29) is 17.7 Å². The molecule has 0 fully saturated rings. The number of carbonyl (C=O) groups is 2. The highest BCUT2D eigenvalue weighted by Crippen LogP contribution is 2.49. The molecular formula is C14H16N4O8. The molecule has 12 nitrogen and oxygen atoms in total. The maximum atomic E-state index is 12.7. The number of benzene rings is 1. The van der Waals surface area contributed by atoms with Gasteiger partial charge >= 0.3 is 17.9 Å². The molecule has 3 unspecified atom stereocenters. The number of methoxy groups -OCH3 is 1. The van der Waals surface area contributed by atoms with Gasteiger partial charge in [-0.1, -0.05) is 12.1 Å². The van der Waals surface area contributed by atoms with Crippen LogP contribution in [-0.4, -0.2) is 45.8 Å². The molecule has 3 N–H and O–H groups in total. The number of anilines is 1. The highest BCUT2D eigenvalue weighted by molar-refractivity contribution is 5.97. The van der Waals surface area contributed by atoms with Crippen LogP contribution in [0.15, 0.2) is 24.3 Å². The van der Waals surface area contributed by atoms with E-state index in [0.29, 0.717) is 4.90 Å². The van der Waals surface area contributed by atoms with Crippen LogP contribution in [0.2, 0.25) is 0 Å². The lowest BCUT2D eigenvalue weighted by Crippen LogP contribution is -2.60. The van der Waals surface area contributed by atoms with E-state index in [1.807, 2.05) is 0 Å². The van der Waals surface area contributed by atoms with Crippen LogP contribution in [-0.2, 0) is 14.3 Å². The van der Waals surface area contributed by atoms with Crippen molar-refractivity contribution in [1.82, 2.24) is 0 Å². The minimum absolute atomic E-state index is 0.0401. The zero-order valence-electron chi connectivity index (χ0n) is 13.6. The lowest BCUT2D eigenvalue weighted by atomic mass is 10.1. The van der Waals surface area contributed by atoms with Gasteiger partial charge in [-0.3, -0.25) is 34.6 Å². The molecule has 0 spiro atoms. The predicted molar refractivity (Wildman–Crippen MR) is 85.2 cm³/mol. The first kappa shape index (κ1) is 19.2. The van der Waals surface area contributed by atoms with Crippen molar-refractivity contribution in [3.8, 4) is 0 Å². The van der Waals surface area contributed by atoms with E-state index in [9.17, 15) is 29.8 Å². The number of rotatable bonds is 7. The number of carboxylic acid groups (broad SMARTS) is 1. The van der Waals surface area contributed by atoms with Crippen molar-refractivity contribution in [2.45, 2.75) is 30.8 Å². The standard InChI is InChI=1S/C14H16N4O8/c1-26-14(18(24)25)12(17(22)23)8-4-2-3-5-10(8)16(14)11(19)7-6-9(15)13(20)21/h2-5,9,12H,6-7,15H2,1H3,(H,20,21). The normalized spacial score (nSPS) is 22.5. The highest BCUT2D eigenvalue weighted by atomic mass is 16.7. The van der Waals surface area contributed by atoms with Crippen LogP contribution in [0.25, 0.3) is 0 Å². The molecule has 1 aromatic rings. The molecule has 2 rings (SSSR count). The molecule has 26 heavy (non-hydrogen) atoms. The molecule has 0 saturated heterocycles. The van der Waals surface area contributed by atoms with Crippen molar-refractivity contribution in [2.75, 3.05) is 12.0 Å². The van der Waals surface area contributed by atoms with Crippen LogP contribution in [0, 0.1) is 20.2 Å². The van der Waals surface area contributed by atoms with Crippen LogP contribution in [0.1, 0.15) is 24.4 Å². The summed E-state index contributed by atoms with van der Waals surface area (Å²) in [5.41, 5.74) is 5.26. The second-order valence-electron chi connectivity index (χ2n) is 5.58. The van der Waals surface area contributed by atoms with Gasteiger partial charge in [0.15, 0.2) is 0 Å². The first-order valence-electron chi connectivity index (χ1n) is 7.42. The Morgan fingerprint density at radius 2 is 2.00 bits per heavy atom. The smallest absolute Gasteiger partial charge is 0.480 e. The summed E-state index contributed by atoms with van der Waals surface area (Å²) in [5, 5.41) is 32.1. The van der Waals surface area contributed by atoms with E-state index < -0.39 is 46.1 Å². The summed E-state index contributed by atoms with van der Waals surface area (Å²) in [6.45, 7) is 0. The van der Waals surface area contributed by atoms with Gasteiger partial charge in [0, 0.05) is 18.5 Å². The van der Waals surface area contributed by atoms with Gasteiger partial charge in [-0.25, -0.2) is 4.90 Å². The number of hydrogen-bond acceptors (Lipinski definition) is 8. The zero-order chi connectivity index (χ0) is 19.6. The number of carboxylic acids is 1. The molecule has 0 radical (unpaired) electrons. The van der Waals surface area contributed by atoms with Gasteiger partial charge in [-0.15, -0.1) is 0 Å². The Morgan fingerprint density at radius 1 is 1.38 bits per heavy atom. The summed E-state index contributed by atoms with van der Waals surface area (Å²) in [6.07, 6.45) is -0.765. The summed E-state index contributed by atoms with van der Waals surface area (Å²) >= 11 is 0. The van der Waals surface area contributed by atoms with Crippen LogP contribution >= 0.6 is 0 Å². The van der Waals surface area contributed by atoms with E-state index >= 15 is 0 Å². The zero-order valence-corrected chi connectivity index (χ0v) is 13.6. The van der Waals surface area contributed by atoms with Gasteiger partial charge in [0.25, 0.3) is 0 Å². The number of fused-ring (bicyclic) bond motifs is 1. The topological polar surface area (TPSA) is 179 Å². The second kappa shape index (κ2) is 7.01. The molecule has 0 aromatic heterocycles. The predicted octanol–water partition coefficient (Wildman–Crippen LogP) is 0.120. The van der Waals surface area contributed by atoms with Crippen LogP contribution < -0.4 is 10.6 Å². The number of carbonyl (C=O) groups excluding carboxylic acids is 1. The fourth-order valence-corrected chi connectivity index (χ4v) is 2.96. The summed E-state index contributed by atoms with van der Waals surface area (Å²) in [5.74, 6) is -5.02. The third-order valence-electron chi connectivity index (χ3n) is 4.16. The van der Waals surface area contributed by atoms with Crippen molar-refractivity contribution in [3.63, 3.8) is 0 Å². The van der Waals surface area contributed by atoms with Gasteiger partial charge in [0.2, 0.25) is 5.91 Å². The molecule has 140 valence electrons. The van der Waals surface area contributed by atoms with E-state index in [4.69, 9.17) is 15.6 Å². The van der Waals surface area contributed by atoms with Crippen molar-refractivity contribution in [3.05, 3.63) is 50.1 Å². The van der Waals surface area contributed by atoms with Gasteiger partial charge in [-0.05, 0) is 18.6 Å². The van der Waals surface area contributed by atoms with Gasteiger partial charge in [0.1, 0.15) is 6.04 Å². The molecule has 0 saturated carbocycles. The minimum atomic E-state index is -2.78. The summed E-state index contributed by atoms with van der Waals surface area (Å²) in [6, 6.07) is 2.24. The Morgan fingerprint density at radius 3 is 2.50 bits per heavy atom. The Labute approximate surface area is 146 Å². The Kier molecular flexibility index (Phi) is 5.18. The number of amides is 1. The van der Waals surface area contributed by atoms with Gasteiger partial charge < -0.3 is 10.8 Å². The number of hydrogen-bond donors (Lipinski definition) is 2. The second-order valence-corrected chi connectivity index (χ2v) is 5.58. The molecular weight excluding hydrogens is 352 g/mol. The van der Waals surface area contributed by atoms with Crippen LogP contribution in [0.3, 0.4) is 0 Å². The Hall–Kier alpha value is -3.12. The fourth-order valence-electron chi connectivity index (χ4n) is 2.96. The number of ether oxygens (including phenoxy) is 1. The average Bonchev–Trinajstić information content (AvgIpc) is 2.90. The molecule has 0 aliphatic carbocycles. The summed E-state index contributed by atoms with van der Waals surface area (Å²) in [4.78, 5) is 45.4. The van der Waals surface area contributed by atoms with Gasteiger partial charge in [-0.2, -0.15) is 0 Å². The maximum absolute atomic E-state index is 12.7. The summed E-state index contributed by atoms with van der Waals surface area (Å²) < 4.78 is 4.92. The first-order valence-corrected chi connectivity index (χ1v) is 7.42. The fraction of sp³-hybridized carbons (Fsp3) is 0.429. The van der Waals surface area contributed by atoms with Gasteiger partial charge in [0.05, 0.1) is 16.2 Å². The summed E-state index contributed by atoms with van der Waals surface area (Å²) in [7, 11) is 0.897. The lowest BCUT2D eigenvalue weighted by molar-refractivity contribution is -0.696. The first-order chi connectivity index (χ1) is 12.2. The number of nitro groups is 2. The molecule has 1 aliphatic rings. The van der Waals surface area contributed by atoms with Crippen LogP contribution in [0.5, 0.6) is 0 Å². The molecule has 0 bridgehead atoms. The molecule has 1 amide bonds. The average molecular weight is 368 g/mol. The quantitative estimate of drug-likeness (QED) is 0.384. The largest absolute Gasteiger partial charge is 0.488 e. The minimum Gasteiger partial charge on any atom is -0.480 e. The molecule has 1 aliphatic heterocycles. The van der Waals surface area contributed by atoms with Crippen LogP contribution in [0.4, 0.5) is 5.69 Å². The van der Waals surface area contributed by atoms with E-state index in [1.165, 1.54) is 24.3 Å². The Balaban J connectivity index is 2.53. The van der Waals surface area contributed by atoms with E-state index in [1.54, 1.807) is 0 Å².